The molecule has 2 saturated heterocycles. The first-order valence-electron chi connectivity index (χ1n) is 9.83. The van der Waals surface area contributed by atoms with Crippen molar-refractivity contribution in [3.05, 3.63) is 60.2 Å². The highest BCUT2D eigenvalue weighted by atomic mass is 16.5. The number of amides is 1. The Morgan fingerprint density at radius 2 is 2.00 bits per heavy atom. The van der Waals surface area contributed by atoms with Crippen LogP contribution in [0.25, 0.3) is 5.65 Å². The van der Waals surface area contributed by atoms with Gasteiger partial charge in [0.15, 0.2) is 0 Å². The molecule has 28 heavy (non-hydrogen) atoms. The van der Waals surface area contributed by atoms with E-state index in [9.17, 15) is 4.79 Å². The summed E-state index contributed by atoms with van der Waals surface area (Å²) in [6.45, 7) is 3.75. The van der Waals surface area contributed by atoms with Crippen molar-refractivity contribution in [3.63, 3.8) is 0 Å². The predicted octanol–water partition coefficient (Wildman–Crippen LogP) is 2.54. The van der Waals surface area contributed by atoms with E-state index in [0.29, 0.717) is 25.3 Å². The summed E-state index contributed by atoms with van der Waals surface area (Å²) in [5, 5.41) is 0. The minimum atomic E-state index is -0.222. The van der Waals surface area contributed by atoms with Gasteiger partial charge < -0.3 is 14.5 Å². The summed E-state index contributed by atoms with van der Waals surface area (Å²) in [4.78, 5) is 25.9. The van der Waals surface area contributed by atoms with Crippen molar-refractivity contribution in [2.45, 2.75) is 18.9 Å². The van der Waals surface area contributed by atoms with Crippen LogP contribution in [0, 0.1) is 0 Å². The zero-order valence-electron chi connectivity index (χ0n) is 15.7. The molecular formula is C21H23N5O2. The second kappa shape index (κ2) is 7.24. The second-order valence-corrected chi connectivity index (χ2v) is 7.32. The molecular weight excluding hydrogens is 354 g/mol. The van der Waals surface area contributed by atoms with Gasteiger partial charge in [-0.05, 0) is 37.1 Å². The van der Waals surface area contributed by atoms with Crippen LogP contribution in [0.5, 0.6) is 0 Å². The summed E-state index contributed by atoms with van der Waals surface area (Å²) in [6.07, 6.45) is 7.59. The van der Waals surface area contributed by atoms with Crippen LogP contribution < -0.4 is 4.90 Å². The van der Waals surface area contributed by atoms with Crippen LogP contribution in [0.2, 0.25) is 0 Å². The third kappa shape index (κ3) is 3.11. The number of pyridine rings is 2. The van der Waals surface area contributed by atoms with Crippen LogP contribution in [0.1, 0.15) is 35.0 Å². The average molecular weight is 377 g/mol. The first-order valence-corrected chi connectivity index (χ1v) is 9.83. The van der Waals surface area contributed by atoms with Crippen molar-refractivity contribution in [2.24, 2.45) is 0 Å². The maximum Gasteiger partial charge on any atom is 0.255 e. The summed E-state index contributed by atoms with van der Waals surface area (Å²) >= 11 is 0. The normalized spacial score (nSPS) is 20.1. The molecule has 0 saturated carbocycles. The Hall–Kier alpha value is -2.93. The van der Waals surface area contributed by atoms with Gasteiger partial charge in [-0.3, -0.25) is 14.2 Å². The molecule has 0 spiro atoms. The fourth-order valence-electron chi connectivity index (χ4n) is 4.06. The Morgan fingerprint density at radius 3 is 2.82 bits per heavy atom. The first kappa shape index (κ1) is 17.2. The molecule has 1 atom stereocenters. The van der Waals surface area contributed by atoms with Gasteiger partial charge in [-0.25, -0.2) is 4.98 Å². The molecule has 2 aliphatic heterocycles. The van der Waals surface area contributed by atoms with Crippen LogP contribution in [-0.4, -0.2) is 58.0 Å². The molecule has 5 rings (SSSR count). The van der Waals surface area contributed by atoms with E-state index < -0.39 is 0 Å². The highest BCUT2D eigenvalue weighted by Gasteiger charge is 2.28. The van der Waals surface area contributed by atoms with Gasteiger partial charge >= 0.3 is 0 Å². The molecule has 3 aromatic rings. The third-order valence-electron chi connectivity index (χ3n) is 5.51. The fourth-order valence-corrected chi connectivity index (χ4v) is 4.06. The number of nitrogens with zero attached hydrogens (tertiary/aromatic N) is 5. The third-order valence-corrected chi connectivity index (χ3v) is 5.51. The monoisotopic (exact) mass is 377 g/mol. The molecule has 0 N–H and O–H groups in total. The molecule has 0 aromatic carbocycles. The Kier molecular flexibility index (Phi) is 4.44. The van der Waals surface area contributed by atoms with Crippen LogP contribution in [0.4, 0.5) is 5.82 Å². The topological polar surface area (TPSA) is 63.0 Å². The predicted molar refractivity (Wildman–Crippen MR) is 105 cm³/mol. The summed E-state index contributed by atoms with van der Waals surface area (Å²) in [6, 6.07) is 9.80. The number of imidazole rings is 1. The highest BCUT2D eigenvalue weighted by molar-refractivity contribution is 5.93. The molecule has 144 valence electrons. The van der Waals surface area contributed by atoms with E-state index in [2.05, 4.69) is 32.6 Å². The van der Waals surface area contributed by atoms with Gasteiger partial charge in [0, 0.05) is 38.2 Å². The van der Waals surface area contributed by atoms with E-state index in [-0.39, 0.29) is 12.0 Å². The van der Waals surface area contributed by atoms with E-state index in [1.165, 1.54) is 18.7 Å². The molecule has 1 unspecified atom stereocenters. The Bertz CT molecular complexity index is 981. The lowest BCUT2D eigenvalue weighted by atomic mass is 10.2. The summed E-state index contributed by atoms with van der Waals surface area (Å²) in [5.41, 5.74) is 2.39. The van der Waals surface area contributed by atoms with Crippen molar-refractivity contribution in [3.8, 4) is 0 Å². The number of aromatic nitrogens is 3. The van der Waals surface area contributed by atoms with Crippen LogP contribution in [-0.2, 0) is 4.74 Å². The number of fused-ring (bicyclic) bond motifs is 1. The summed E-state index contributed by atoms with van der Waals surface area (Å²) in [5.74, 6) is 1.16. The number of rotatable bonds is 3. The van der Waals surface area contributed by atoms with E-state index in [4.69, 9.17) is 9.72 Å². The smallest absolute Gasteiger partial charge is 0.255 e. The van der Waals surface area contributed by atoms with E-state index in [1.54, 1.807) is 24.5 Å². The van der Waals surface area contributed by atoms with Crippen LogP contribution in [0.15, 0.2) is 48.9 Å². The van der Waals surface area contributed by atoms with E-state index >= 15 is 0 Å². The molecule has 2 fully saturated rings. The lowest BCUT2D eigenvalue weighted by molar-refractivity contribution is -0.0245. The highest BCUT2D eigenvalue weighted by Crippen LogP contribution is 2.27. The maximum atomic E-state index is 12.8. The minimum absolute atomic E-state index is 0.0112. The van der Waals surface area contributed by atoms with Crippen LogP contribution in [0.3, 0.4) is 0 Å². The average Bonchev–Trinajstić information content (AvgIpc) is 3.43. The Morgan fingerprint density at radius 1 is 1.11 bits per heavy atom. The van der Waals surface area contributed by atoms with Crippen LogP contribution >= 0.6 is 0 Å². The molecule has 2 aliphatic rings. The van der Waals surface area contributed by atoms with Gasteiger partial charge in [-0.1, -0.05) is 6.07 Å². The van der Waals surface area contributed by atoms with Gasteiger partial charge in [0.05, 0.1) is 24.4 Å². The molecule has 5 heterocycles. The number of carbonyl (C=O) groups is 1. The molecule has 1 amide bonds. The van der Waals surface area contributed by atoms with Gasteiger partial charge in [0.1, 0.15) is 17.6 Å². The van der Waals surface area contributed by atoms with Gasteiger partial charge in [-0.2, -0.15) is 0 Å². The number of anilines is 1. The lowest BCUT2D eigenvalue weighted by Gasteiger charge is -2.32. The van der Waals surface area contributed by atoms with E-state index in [1.807, 2.05) is 11.0 Å². The molecule has 7 nitrogen and oxygen atoms in total. The second-order valence-electron chi connectivity index (χ2n) is 7.32. The van der Waals surface area contributed by atoms with Crippen molar-refractivity contribution < 1.29 is 9.53 Å². The molecule has 0 radical (unpaired) electrons. The Labute approximate surface area is 163 Å². The number of carbonyl (C=O) groups excluding carboxylic acids is 1. The minimum Gasteiger partial charge on any atom is -0.368 e. The number of ether oxygens (including phenoxy) is 1. The quantitative estimate of drug-likeness (QED) is 0.702. The largest absolute Gasteiger partial charge is 0.368 e. The summed E-state index contributed by atoms with van der Waals surface area (Å²) in [7, 11) is 0. The van der Waals surface area contributed by atoms with Crippen molar-refractivity contribution in [1.29, 1.82) is 0 Å². The summed E-state index contributed by atoms with van der Waals surface area (Å²) < 4.78 is 8.12. The Balaban J connectivity index is 1.40. The number of hydrogen-bond acceptors (Lipinski definition) is 5. The maximum absolute atomic E-state index is 12.8. The molecule has 3 aromatic heterocycles. The van der Waals surface area contributed by atoms with Crippen molar-refractivity contribution >= 4 is 17.4 Å². The molecule has 0 aliphatic carbocycles. The van der Waals surface area contributed by atoms with Gasteiger partial charge in [-0.15, -0.1) is 0 Å². The fraction of sp³-hybridized carbons (Fsp3) is 0.381. The van der Waals surface area contributed by atoms with Crippen molar-refractivity contribution in [2.75, 3.05) is 37.7 Å². The molecule has 0 bridgehead atoms. The van der Waals surface area contributed by atoms with Gasteiger partial charge in [0.2, 0.25) is 0 Å². The molecule has 7 heteroatoms. The zero-order chi connectivity index (χ0) is 18.9. The first-order chi connectivity index (χ1) is 13.8. The van der Waals surface area contributed by atoms with Crippen molar-refractivity contribution in [1.82, 2.24) is 19.3 Å². The number of hydrogen-bond donors (Lipinski definition) is 0. The zero-order valence-corrected chi connectivity index (χ0v) is 15.7. The lowest BCUT2D eigenvalue weighted by Crippen LogP contribution is -2.42. The SMILES string of the molecule is O=C(c1cccnc1)N1CCOC(c2cn3c(N4CCCC4)cccc3n2)C1. The van der Waals surface area contributed by atoms with Gasteiger partial charge in [0.25, 0.3) is 5.91 Å². The number of morpholine rings is 1. The van der Waals surface area contributed by atoms with E-state index in [0.717, 1.165) is 24.4 Å². The standard InChI is InChI=1S/C21H23N5O2/c27-21(16-5-4-8-22-13-16)25-11-12-28-18(15-25)17-14-26-19(23-17)6-3-7-20(26)24-9-1-2-10-24/h3-8,13-14,18H,1-2,9-12,15H2.